The quantitative estimate of drug-likeness (QED) is 0.373. The van der Waals surface area contributed by atoms with Gasteiger partial charge in [0.15, 0.2) is 11.5 Å². The Morgan fingerprint density at radius 2 is 1.83 bits per heavy atom. The summed E-state index contributed by atoms with van der Waals surface area (Å²) in [5.41, 5.74) is 5.40. The summed E-state index contributed by atoms with van der Waals surface area (Å²) in [6, 6.07) is 18.7. The number of nitrogens with zero attached hydrogens (tertiary/aromatic N) is 2. The van der Waals surface area contributed by atoms with Crippen molar-refractivity contribution in [3.8, 4) is 22.8 Å². The lowest BCUT2D eigenvalue weighted by atomic mass is 10.1. The Balaban J connectivity index is 1.78. The molecule has 0 atom stereocenters. The van der Waals surface area contributed by atoms with Crippen LogP contribution in [-0.4, -0.2) is 23.6 Å². The molecule has 0 aliphatic heterocycles. The smallest absolute Gasteiger partial charge is 0.161 e. The molecule has 0 saturated carbocycles. The zero-order valence-electron chi connectivity index (χ0n) is 16.3. The number of aromatic nitrogens is 2. The summed E-state index contributed by atoms with van der Waals surface area (Å²) in [6.45, 7) is 0. The summed E-state index contributed by atoms with van der Waals surface area (Å²) in [4.78, 5) is 5.09. The normalized spacial score (nSPS) is 11.2. The Kier molecular flexibility index (Phi) is 4.45. The molecule has 0 amide bonds. The average Bonchev–Trinajstić information content (AvgIpc) is 3.42. The molecule has 0 bridgehead atoms. The first kappa shape index (κ1) is 17.8. The number of imidazole rings is 1. The van der Waals surface area contributed by atoms with Crippen LogP contribution in [-0.2, 0) is 6.42 Å². The van der Waals surface area contributed by atoms with Crippen molar-refractivity contribution in [1.29, 1.82) is 0 Å². The molecule has 3 heterocycles. The molecule has 0 spiro atoms. The van der Waals surface area contributed by atoms with E-state index in [0.717, 1.165) is 34.4 Å². The highest BCUT2D eigenvalue weighted by Gasteiger charge is 2.18. The predicted molar refractivity (Wildman–Crippen MR) is 118 cm³/mol. The highest BCUT2D eigenvalue weighted by Crippen LogP contribution is 2.35. The van der Waals surface area contributed by atoms with E-state index in [1.165, 1.54) is 10.9 Å². The summed E-state index contributed by atoms with van der Waals surface area (Å²) >= 11 is 1.72. The van der Waals surface area contributed by atoms with Gasteiger partial charge in [0.1, 0.15) is 5.65 Å². The van der Waals surface area contributed by atoms with Gasteiger partial charge >= 0.3 is 0 Å². The summed E-state index contributed by atoms with van der Waals surface area (Å²) in [5.74, 6) is 1.42. The Bertz CT molecular complexity index is 1310. The maximum Gasteiger partial charge on any atom is 0.161 e. The maximum atomic E-state index is 5.53. The SMILES string of the molecule is COc1ccc(-c2nc3c4ccccc4ccn3c2Cc2ccsc2)cc1OC. The second-order valence-corrected chi connectivity index (χ2v) is 7.66. The molecule has 5 rings (SSSR count). The highest BCUT2D eigenvalue weighted by molar-refractivity contribution is 7.07. The molecule has 0 saturated heterocycles. The van der Waals surface area contributed by atoms with E-state index < -0.39 is 0 Å². The third kappa shape index (κ3) is 3.04. The minimum absolute atomic E-state index is 0.702. The highest BCUT2D eigenvalue weighted by atomic mass is 32.1. The van der Waals surface area contributed by atoms with Gasteiger partial charge in [0.05, 0.1) is 25.6 Å². The van der Waals surface area contributed by atoms with Gasteiger partial charge in [0, 0.05) is 23.6 Å². The molecule has 0 aliphatic carbocycles. The zero-order chi connectivity index (χ0) is 19.8. The van der Waals surface area contributed by atoms with E-state index in [0.29, 0.717) is 11.5 Å². The third-order valence-electron chi connectivity index (χ3n) is 5.22. The molecule has 5 aromatic rings. The van der Waals surface area contributed by atoms with Gasteiger partial charge in [-0.2, -0.15) is 11.3 Å². The van der Waals surface area contributed by atoms with Crippen molar-refractivity contribution in [1.82, 2.24) is 9.38 Å². The maximum absolute atomic E-state index is 5.53. The van der Waals surface area contributed by atoms with Crippen LogP contribution in [0, 0.1) is 0 Å². The lowest BCUT2D eigenvalue weighted by Crippen LogP contribution is -1.96. The summed E-state index contributed by atoms with van der Waals surface area (Å²) in [6.07, 6.45) is 2.93. The fourth-order valence-electron chi connectivity index (χ4n) is 3.79. The number of methoxy groups -OCH3 is 2. The van der Waals surface area contributed by atoms with Crippen LogP contribution in [0.5, 0.6) is 11.5 Å². The fourth-order valence-corrected chi connectivity index (χ4v) is 4.46. The molecule has 2 aromatic carbocycles. The number of fused-ring (bicyclic) bond motifs is 3. The third-order valence-corrected chi connectivity index (χ3v) is 5.96. The number of hydrogen-bond acceptors (Lipinski definition) is 4. The lowest BCUT2D eigenvalue weighted by Gasteiger charge is -2.10. The first-order valence-corrected chi connectivity index (χ1v) is 10.3. The number of hydrogen-bond donors (Lipinski definition) is 0. The summed E-state index contributed by atoms with van der Waals surface area (Å²) < 4.78 is 13.2. The van der Waals surface area contributed by atoms with Crippen LogP contribution in [0.1, 0.15) is 11.3 Å². The molecule has 0 fully saturated rings. The first-order valence-electron chi connectivity index (χ1n) is 9.40. The van der Waals surface area contributed by atoms with Gasteiger partial charge in [-0.1, -0.05) is 24.3 Å². The molecule has 4 nitrogen and oxygen atoms in total. The Morgan fingerprint density at radius 1 is 0.966 bits per heavy atom. The van der Waals surface area contributed by atoms with E-state index in [9.17, 15) is 0 Å². The van der Waals surface area contributed by atoms with Gasteiger partial charge in [-0.05, 0) is 52.0 Å². The molecule has 0 radical (unpaired) electrons. The molecule has 0 aliphatic rings. The second kappa shape index (κ2) is 7.26. The molecular weight excluding hydrogens is 380 g/mol. The van der Waals surface area contributed by atoms with E-state index in [1.807, 2.05) is 18.2 Å². The van der Waals surface area contributed by atoms with Gasteiger partial charge in [-0.25, -0.2) is 4.98 Å². The van der Waals surface area contributed by atoms with Crippen molar-refractivity contribution < 1.29 is 9.47 Å². The van der Waals surface area contributed by atoms with Crippen LogP contribution in [0.25, 0.3) is 27.7 Å². The molecule has 144 valence electrons. The number of rotatable bonds is 5. The second-order valence-electron chi connectivity index (χ2n) is 6.88. The molecular formula is C24H20N2O2S. The van der Waals surface area contributed by atoms with Crippen LogP contribution in [0.3, 0.4) is 0 Å². The number of benzene rings is 2. The van der Waals surface area contributed by atoms with Crippen LogP contribution in [0.2, 0.25) is 0 Å². The van der Waals surface area contributed by atoms with Gasteiger partial charge in [0.25, 0.3) is 0 Å². The van der Waals surface area contributed by atoms with E-state index in [-0.39, 0.29) is 0 Å². The molecule has 0 unspecified atom stereocenters. The van der Waals surface area contributed by atoms with Crippen molar-refractivity contribution in [3.05, 3.63) is 82.8 Å². The van der Waals surface area contributed by atoms with Crippen molar-refractivity contribution in [3.63, 3.8) is 0 Å². The zero-order valence-corrected chi connectivity index (χ0v) is 17.1. The van der Waals surface area contributed by atoms with Crippen molar-refractivity contribution in [2.45, 2.75) is 6.42 Å². The van der Waals surface area contributed by atoms with Crippen LogP contribution in [0.15, 0.2) is 71.6 Å². The minimum atomic E-state index is 0.702. The Morgan fingerprint density at radius 3 is 2.62 bits per heavy atom. The van der Waals surface area contributed by atoms with Crippen molar-refractivity contribution in [2.24, 2.45) is 0 Å². The number of pyridine rings is 1. The molecule has 3 aromatic heterocycles. The molecule has 0 N–H and O–H groups in total. The standard InChI is InChI=1S/C24H20N2O2S/c1-27-21-8-7-18(14-22(21)28-2)23-20(13-16-10-12-29-15-16)26-11-9-17-5-3-4-6-19(17)24(26)25-23/h3-12,14-15H,13H2,1-2H3. The first-order chi connectivity index (χ1) is 14.3. The average molecular weight is 401 g/mol. The van der Waals surface area contributed by atoms with Crippen molar-refractivity contribution in [2.75, 3.05) is 14.2 Å². The fraction of sp³-hybridized carbons (Fsp3) is 0.125. The summed E-state index contributed by atoms with van der Waals surface area (Å²) in [5, 5.41) is 6.64. The van der Waals surface area contributed by atoms with Crippen LogP contribution >= 0.6 is 11.3 Å². The predicted octanol–water partition coefficient (Wildman–Crippen LogP) is 5.82. The number of ether oxygens (including phenoxy) is 2. The van der Waals surface area contributed by atoms with Crippen LogP contribution < -0.4 is 9.47 Å². The van der Waals surface area contributed by atoms with Gasteiger partial charge in [-0.3, -0.25) is 0 Å². The summed E-state index contributed by atoms with van der Waals surface area (Å²) in [7, 11) is 3.31. The van der Waals surface area contributed by atoms with Gasteiger partial charge in [-0.15, -0.1) is 0 Å². The van der Waals surface area contributed by atoms with E-state index in [2.05, 4.69) is 57.8 Å². The van der Waals surface area contributed by atoms with Gasteiger partial charge in [0.2, 0.25) is 0 Å². The monoisotopic (exact) mass is 400 g/mol. The lowest BCUT2D eigenvalue weighted by molar-refractivity contribution is 0.355. The topological polar surface area (TPSA) is 35.8 Å². The Labute approximate surface area is 173 Å². The van der Waals surface area contributed by atoms with E-state index in [4.69, 9.17) is 14.5 Å². The van der Waals surface area contributed by atoms with Crippen molar-refractivity contribution >= 4 is 27.8 Å². The van der Waals surface area contributed by atoms with E-state index in [1.54, 1.807) is 25.6 Å². The van der Waals surface area contributed by atoms with Gasteiger partial charge < -0.3 is 13.9 Å². The molecule has 5 heteroatoms. The molecule has 29 heavy (non-hydrogen) atoms. The van der Waals surface area contributed by atoms with E-state index >= 15 is 0 Å². The van der Waals surface area contributed by atoms with Crippen LogP contribution in [0.4, 0.5) is 0 Å². The minimum Gasteiger partial charge on any atom is -0.493 e. The Hall–Kier alpha value is -3.31. The number of thiophene rings is 1. The largest absolute Gasteiger partial charge is 0.493 e.